The first-order valence-corrected chi connectivity index (χ1v) is 4.02. The molecule has 1 rings (SSSR count). The van der Waals surface area contributed by atoms with E-state index in [9.17, 15) is 4.79 Å². The van der Waals surface area contributed by atoms with Gasteiger partial charge in [-0.1, -0.05) is 0 Å². The van der Waals surface area contributed by atoms with E-state index in [1.807, 2.05) is 6.92 Å². The lowest BCUT2D eigenvalue weighted by molar-refractivity contribution is -0.127. The number of hydrogen-bond donors (Lipinski definition) is 0. The van der Waals surface area contributed by atoms with E-state index < -0.39 is 0 Å². The van der Waals surface area contributed by atoms with Crippen molar-refractivity contribution in [1.82, 2.24) is 0 Å². The SMILES string of the molecule is CCOCC(=O)C1CCOC1. The maximum Gasteiger partial charge on any atom is 0.163 e. The number of ketones is 1. The zero-order valence-corrected chi connectivity index (χ0v) is 6.84. The summed E-state index contributed by atoms with van der Waals surface area (Å²) in [4.78, 5) is 11.2. The molecule has 1 fully saturated rings. The molecule has 0 saturated carbocycles. The topological polar surface area (TPSA) is 35.5 Å². The Morgan fingerprint density at radius 2 is 2.55 bits per heavy atom. The van der Waals surface area contributed by atoms with Crippen LogP contribution in [0.1, 0.15) is 13.3 Å². The van der Waals surface area contributed by atoms with Gasteiger partial charge in [0.2, 0.25) is 0 Å². The highest BCUT2D eigenvalue weighted by atomic mass is 16.5. The number of Topliss-reactive ketones (excluding diaryl/α,β-unsaturated/α-hetero) is 1. The number of carbonyl (C=O) groups is 1. The molecule has 3 heteroatoms. The lowest BCUT2D eigenvalue weighted by atomic mass is 10.0. The van der Waals surface area contributed by atoms with Crippen LogP contribution in [0.4, 0.5) is 0 Å². The number of ether oxygens (including phenoxy) is 2. The summed E-state index contributed by atoms with van der Waals surface area (Å²) in [7, 11) is 0. The lowest BCUT2D eigenvalue weighted by Gasteiger charge is -2.04. The van der Waals surface area contributed by atoms with E-state index in [1.54, 1.807) is 0 Å². The summed E-state index contributed by atoms with van der Waals surface area (Å²) in [6.45, 7) is 4.07. The fourth-order valence-corrected chi connectivity index (χ4v) is 1.11. The molecule has 0 radical (unpaired) electrons. The highest BCUT2D eigenvalue weighted by molar-refractivity contribution is 5.82. The first-order chi connectivity index (χ1) is 5.34. The van der Waals surface area contributed by atoms with Crippen molar-refractivity contribution < 1.29 is 14.3 Å². The van der Waals surface area contributed by atoms with Gasteiger partial charge in [0.1, 0.15) is 6.61 Å². The average molecular weight is 158 g/mol. The molecule has 3 nitrogen and oxygen atoms in total. The summed E-state index contributed by atoms with van der Waals surface area (Å²) in [5.74, 6) is 0.283. The second-order valence-corrected chi connectivity index (χ2v) is 2.66. The molecule has 64 valence electrons. The van der Waals surface area contributed by atoms with E-state index in [2.05, 4.69) is 0 Å². The Hall–Kier alpha value is -0.410. The van der Waals surface area contributed by atoms with Crippen molar-refractivity contribution in [3.63, 3.8) is 0 Å². The van der Waals surface area contributed by atoms with Crippen LogP contribution >= 0.6 is 0 Å². The number of rotatable bonds is 4. The van der Waals surface area contributed by atoms with Crippen LogP contribution < -0.4 is 0 Å². The first kappa shape index (κ1) is 8.68. The molecule has 0 aromatic carbocycles. The highest BCUT2D eigenvalue weighted by Crippen LogP contribution is 2.13. The molecule has 1 aliphatic heterocycles. The molecule has 1 heterocycles. The van der Waals surface area contributed by atoms with E-state index >= 15 is 0 Å². The van der Waals surface area contributed by atoms with Crippen LogP contribution in [-0.4, -0.2) is 32.2 Å². The van der Waals surface area contributed by atoms with Crippen molar-refractivity contribution in [2.45, 2.75) is 13.3 Å². The van der Waals surface area contributed by atoms with Crippen molar-refractivity contribution in [3.8, 4) is 0 Å². The molecular formula is C8H14O3. The molecule has 1 atom stereocenters. The molecule has 0 aromatic rings. The van der Waals surface area contributed by atoms with Crippen LogP contribution in [0.3, 0.4) is 0 Å². The summed E-state index contributed by atoms with van der Waals surface area (Å²) in [6.07, 6.45) is 0.867. The summed E-state index contributed by atoms with van der Waals surface area (Å²) in [6, 6.07) is 0. The Balaban J connectivity index is 2.17. The normalized spacial score (nSPS) is 23.9. The van der Waals surface area contributed by atoms with Crippen LogP contribution in [0, 0.1) is 5.92 Å². The predicted molar refractivity (Wildman–Crippen MR) is 40.4 cm³/mol. The van der Waals surface area contributed by atoms with Gasteiger partial charge >= 0.3 is 0 Å². The molecule has 0 spiro atoms. The molecule has 0 amide bonds. The third kappa shape index (κ3) is 2.60. The molecule has 11 heavy (non-hydrogen) atoms. The minimum atomic E-state index is 0.0987. The predicted octanol–water partition coefficient (Wildman–Crippen LogP) is 0.629. The van der Waals surface area contributed by atoms with Crippen LogP contribution in [0.2, 0.25) is 0 Å². The van der Waals surface area contributed by atoms with Gasteiger partial charge in [-0.25, -0.2) is 0 Å². The van der Waals surface area contributed by atoms with Gasteiger partial charge in [0, 0.05) is 19.1 Å². The maximum absolute atomic E-state index is 11.2. The van der Waals surface area contributed by atoms with Crippen molar-refractivity contribution in [2.75, 3.05) is 26.4 Å². The van der Waals surface area contributed by atoms with E-state index in [1.165, 1.54) is 0 Å². The molecule has 0 aliphatic carbocycles. The van der Waals surface area contributed by atoms with E-state index in [0.717, 1.165) is 13.0 Å². The number of hydrogen-bond acceptors (Lipinski definition) is 3. The van der Waals surface area contributed by atoms with Gasteiger partial charge < -0.3 is 9.47 Å². The summed E-state index contributed by atoms with van der Waals surface area (Å²) in [5, 5.41) is 0. The minimum Gasteiger partial charge on any atom is -0.381 e. The molecule has 0 N–H and O–H groups in total. The van der Waals surface area contributed by atoms with Gasteiger partial charge in [-0.15, -0.1) is 0 Å². The van der Waals surface area contributed by atoms with Gasteiger partial charge in [0.15, 0.2) is 5.78 Å². The largest absolute Gasteiger partial charge is 0.381 e. The van der Waals surface area contributed by atoms with E-state index in [4.69, 9.17) is 9.47 Å². The Morgan fingerprint density at radius 1 is 1.73 bits per heavy atom. The van der Waals surface area contributed by atoms with Crippen LogP contribution in [0.5, 0.6) is 0 Å². The van der Waals surface area contributed by atoms with Crippen molar-refractivity contribution in [2.24, 2.45) is 5.92 Å². The van der Waals surface area contributed by atoms with Gasteiger partial charge in [-0.2, -0.15) is 0 Å². The van der Waals surface area contributed by atoms with Crippen LogP contribution in [0.25, 0.3) is 0 Å². The fraction of sp³-hybridized carbons (Fsp3) is 0.875. The third-order valence-corrected chi connectivity index (χ3v) is 1.83. The van der Waals surface area contributed by atoms with E-state index in [0.29, 0.717) is 13.2 Å². The summed E-state index contributed by atoms with van der Waals surface area (Å²) >= 11 is 0. The summed E-state index contributed by atoms with van der Waals surface area (Å²) in [5.41, 5.74) is 0. The second-order valence-electron chi connectivity index (χ2n) is 2.66. The Kier molecular flexibility index (Phi) is 3.52. The van der Waals surface area contributed by atoms with E-state index in [-0.39, 0.29) is 18.3 Å². The molecule has 1 saturated heterocycles. The highest BCUT2D eigenvalue weighted by Gasteiger charge is 2.22. The Morgan fingerprint density at radius 3 is 3.09 bits per heavy atom. The van der Waals surface area contributed by atoms with Gasteiger partial charge in [0.05, 0.1) is 6.61 Å². The van der Waals surface area contributed by atoms with Gasteiger partial charge in [-0.05, 0) is 13.3 Å². The van der Waals surface area contributed by atoms with Crippen molar-refractivity contribution in [3.05, 3.63) is 0 Å². The van der Waals surface area contributed by atoms with Crippen molar-refractivity contribution in [1.29, 1.82) is 0 Å². The molecule has 1 unspecified atom stereocenters. The Labute approximate surface area is 66.7 Å². The molecule has 0 bridgehead atoms. The van der Waals surface area contributed by atoms with Crippen LogP contribution in [0.15, 0.2) is 0 Å². The first-order valence-electron chi connectivity index (χ1n) is 4.02. The lowest BCUT2D eigenvalue weighted by Crippen LogP contribution is -2.19. The fourth-order valence-electron chi connectivity index (χ4n) is 1.11. The average Bonchev–Trinajstić information content (AvgIpc) is 2.52. The zero-order chi connectivity index (χ0) is 8.10. The molecular weight excluding hydrogens is 144 g/mol. The molecule has 0 aromatic heterocycles. The molecule has 1 aliphatic rings. The standard InChI is InChI=1S/C8H14O3/c1-2-10-6-8(9)7-3-4-11-5-7/h7H,2-6H2,1H3. The maximum atomic E-state index is 11.2. The van der Waals surface area contributed by atoms with Gasteiger partial charge in [0.25, 0.3) is 0 Å². The quantitative estimate of drug-likeness (QED) is 0.602. The van der Waals surface area contributed by atoms with Gasteiger partial charge in [-0.3, -0.25) is 4.79 Å². The third-order valence-electron chi connectivity index (χ3n) is 1.83. The second kappa shape index (κ2) is 4.46. The minimum absolute atomic E-state index is 0.0987. The smallest absolute Gasteiger partial charge is 0.163 e. The monoisotopic (exact) mass is 158 g/mol. The number of carbonyl (C=O) groups excluding carboxylic acids is 1. The Bertz CT molecular complexity index is 127. The summed E-state index contributed by atoms with van der Waals surface area (Å²) < 4.78 is 10.1. The zero-order valence-electron chi connectivity index (χ0n) is 6.84. The van der Waals surface area contributed by atoms with Crippen LogP contribution in [-0.2, 0) is 14.3 Å². The van der Waals surface area contributed by atoms with Crippen molar-refractivity contribution >= 4 is 5.78 Å².